The van der Waals surface area contributed by atoms with Crippen LogP contribution in [0.25, 0.3) is 0 Å². The van der Waals surface area contributed by atoms with Crippen LogP contribution in [0.1, 0.15) is 18.9 Å². The molecule has 0 aliphatic carbocycles. The lowest BCUT2D eigenvalue weighted by Crippen LogP contribution is -2.29. The summed E-state index contributed by atoms with van der Waals surface area (Å²) in [5, 5.41) is 6.82. The second-order valence-corrected chi connectivity index (χ2v) is 7.91. The fourth-order valence-electron chi connectivity index (χ4n) is 2.12. The van der Waals surface area contributed by atoms with E-state index in [0.717, 1.165) is 13.0 Å². The first-order chi connectivity index (χ1) is 11.8. The molecule has 0 heterocycles. The van der Waals surface area contributed by atoms with Crippen molar-refractivity contribution in [1.29, 1.82) is 0 Å². The average Bonchev–Trinajstić information content (AvgIpc) is 2.56. The Balaban J connectivity index is 2.26. The number of anilines is 2. The third-order valence-electron chi connectivity index (χ3n) is 3.39. The van der Waals surface area contributed by atoms with Gasteiger partial charge in [0.1, 0.15) is 0 Å². The number of hydrogen-bond acceptors (Lipinski definition) is 3. The summed E-state index contributed by atoms with van der Waals surface area (Å²) in [6.45, 7) is 4.52. The number of para-hydroxylation sites is 1. The summed E-state index contributed by atoms with van der Waals surface area (Å²) in [5.74, 6) is 0. The van der Waals surface area contributed by atoms with Crippen molar-refractivity contribution < 1.29 is 8.42 Å². The Bertz CT molecular complexity index is 870. The van der Waals surface area contributed by atoms with Gasteiger partial charge in [-0.2, -0.15) is 0 Å². The molecule has 0 spiro atoms. The van der Waals surface area contributed by atoms with Crippen LogP contribution >= 0.6 is 23.8 Å². The molecule has 0 amide bonds. The topological polar surface area (TPSA) is 70.2 Å². The van der Waals surface area contributed by atoms with E-state index < -0.39 is 10.0 Å². The molecule has 8 heteroatoms. The minimum absolute atomic E-state index is 0.163. The average molecular weight is 398 g/mol. The Morgan fingerprint density at radius 3 is 2.60 bits per heavy atom. The van der Waals surface area contributed by atoms with Gasteiger partial charge in [-0.3, -0.25) is 4.72 Å². The Morgan fingerprint density at radius 2 is 1.92 bits per heavy atom. The van der Waals surface area contributed by atoms with Crippen LogP contribution in [0.5, 0.6) is 0 Å². The number of nitrogens with one attached hydrogen (secondary N) is 3. The van der Waals surface area contributed by atoms with Crippen LogP contribution in [-0.2, 0) is 10.0 Å². The molecule has 0 fully saturated rings. The second kappa shape index (κ2) is 8.51. The van der Waals surface area contributed by atoms with Crippen molar-refractivity contribution in [2.45, 2.75) is 25.2 Å². The predicted molar refractivity (Wildman–Crippen MR) is 108 cm³/mol. The van der Waals surface area contributed by atoms with Crippen molar-refractivity contribution in [2.24, 2.45) is 0 Å². The van der Waals surface area contributed by atoms with Gasteiger partial charge in [0.2, 0.25) is 0 Å². The standard InChI is InChI=1S/C17H20ClN3O2S2/c1-3-10-19-17(24)20-13-9-8-12(2)16(11-13)25(22,23)21-15-7-5-4-6-14(15)18/h4-9,11,21H,3,10H2,1-2H3,(H2,19,20,24). The molecular formula is C17H20ClN3O2S2. The minimum atomic E-state index is -3.78. The van der Waals surface area contributed by atoms with E-state index in [1.807, 2.05) is 6.92 Å². The van der Waals surface area contributed by atoms with E-state index in [-0.39, 0.29) is 4.90 Å². The zero-order chi connectivity index (χ0) is 18.4. The molecular weight excluding hydrogens is 378 g/mol. The van der Waals surface area contributed by atoms with Gasteiger partial charge in [0.25, 0.3) is 10.0 Å². The molecule has 0 aliphatic heterocycles. The van der Waals surface area contributed by atoms with Crippen molar-refractivity contribution in [3.05, 3.63) is 53.1 Å². The van der Waals surface area contributed by atoms with Crippen molar-refractivity contribution in [3.8, 4) is 0 Å². The van der Waals surface area contributed by atoms with Gasteiger partial charge in [-0.15, -0.1) is 0 Å². The molecule has 5 nitrogen and oxygen atoms in total. The minimum Gasteiger partial charge on any atom is -0.362 e. The van der Waals surface area contributed by atoms with Crippen LogP contribution in [0.3, 0.4) is 0 Å². The molecule has 0 saturated heterocycles. The Morgan fingerprint density at radius 1 is 1.20 bits per heavy atom. The van der Waals surface area contributed by atoms with Gasteiger partial charge in [-0.05, 0) is 55.4 Å². The van der Waals surface area contributed by atoms with E-state index in [1.165, 1.54) is 0 Å². The Hall–Kier alpha value is -1.83. The Kier molecular flexibility index (Phi) is 6.64. The molecule has 0 unspecified atom stereocenters. The van der Waals surface area contributed by atoms with Crippen LogP contribution in [0.4, 0.5) is 11.4 Å². The molecule has 0 aliphatic rings. The number of thiocarbonyl (C=S) groups is 1. The van der Waals surface area contributed by atoms with Gasteiger partial charge >= 0.3 is 0 Å². The zero-order valence-electron chi connectivity index (χ0n) is 14.0. The van der Waals surface area contributed by atoms with Gasteiger partial charge in [0, 0.05) is 12.2 Å². The summed E-state index contributed by atoms with van der Waals surface area (Å²) in [7, 11) is -3.78. The molecule has 2 aromatic rings. The van der Waals surface area contributed by atoms with Crippen LogP contribution in [0, 0.1) is 6.92 Å². The lowest BCUT2D eigenvalue weighted by Gasteiger charge is -2.14. The van der Waals surface area contributed by atoms with Gasteiger partial charge in [0.05, 0.1) is 15.6 Å². The van der Waals surface area contributed by atoms with E-state index in [9.17, 15) is 8.42 Å². The van der Waals surface area contributed by atoms with E-state index in [1.54, 1.807) is 49.4 Å². The van der Waals surface area contributed by atoms with Crippen LogP contribution in [-0.4, -0.2) is 20.1 Å². The van der Waals surface area contributed by atoms with Gasteiger partial charge in [-0.25, -0.2) is 8.42 Å². The first-order valence-corrected chi connectivity index (χ1v) is 10.0. The van der Waals surface area contributed by atoms with Crippen molar-refractivity contribution in [1.82, 2.24) is 5.32 Å². The fourth-order valence-corrected chi connectivity index (χ4v) is 3.94. The van der Waals surface area contributed by atoms with Crippen LogP contribution in [0.2, 0.25) is 5.02 Å². The summed E-state index contributed by atoms with van der Waals surface area (Å²) in [6.07, 6.45) is 0.942. The molecule has 134 valence electrons. The third-order valence-corrected chi connectivity index (χ3v) is 5.47. The largest absolute Gasteiger partial charge is 0.362 e. The maximum absolute atomic E-state index is 12.7. The normalized spacial score (nSPS) is 11.0. The molecule has 0 bridgehead atoms. The summed E-state index contributed by atoms with van der Waals surface area (Å²) in [6, 6.07) is 11.7. The summed E-state index contributed by atoms with van der Waals surface area (Å²) in [4.78, 5) is 0.163. The molecule has 3 N–H and O–H groups in total. The first-order valence-electron chi connectivity index (χ1n) is 7.76. The maximum atomic E-state index is 12.7. The summed E-state index contributed by atoms with van der Waals surface area (Å²) < 4.78 is 28.0. The van der Waals surface area contributed by atoms with Crippen LogP contribution < -0.4 is 15.4 Å². The molecule has 2 rings (SSSR count). The smallest absolute Gasteiger partial charge is 0.262 e. The second-order valence-electron chi connectivity index (χ2n) is 5.45. The monoisotopic (exact) mass is 397 g/mol. The maximum Gasteiger partial charge on any atom is 0.262 e. The van der Waals surface area contributed by atoms with E-state index >= 15 is 0 Å². The zero-order valence-corrected chi connectivity index (χ0v) is 16.4. The highest BCUT2D eigenvalue weighted by molar-refractivity contribution is 7.92. The van der Waals surface area contributed by atoms with Crippen molar-refractivity contribution in [3.63, 3.8) is 0 Å². The highest BCUT2D eigenvalue weighted by Crippen LogP contribution is 2.26. The van der Waals surface area contributed by atoms with Crippen LogP contribution in [0.15, 0.2) is 47.4 Å². The lowest BCUT2D eigenvalue weighted by molar-refractivity contribution is 0.600. The SMILES string of the molecule is CCCNC(=S)Nc1ccc(C)c(S(=O)(=O)Nc2ccccc2Cl)c1. The summed E-state index contributed by atoms with van der Waals surface area (Å²) in [5.41, 5.74) is 1.55. The van der Waals surface area contributed by atoms with Gasteiger partial charge in [0.15, 0.2) is 5.11 Å². The third kappa shape index (κ3) is 5.32. The number of halogens is 1. The Labute approximate surface area is 158 Å². The fraction of sp³-hybridized carbons (Fsp3) is 0.235. The number of hydrogen-bond donors (Lipinski definition) is 3. The first kappa shape index (κ1) is 19.5. The predicted octanol–water partition coefficient (Wildman–Crippen LogP) is 4.15. The molecule has 25 heavy (non-hydrogen) atoms. The van der Waals surface area contributed by atoms with Gasteiger partial charge in [-0.1, -0.05) is 36.7 Å². The van der Waals surface area contributed by atoms with Gasteiger partial charge < -0.3 is 10.6 Å². The van der Waals surface area contributed by atoms with E-state index in [0.29, 0.717) is 27.1 Å². The lowest BCUT2D eigenvalue weighted by atomic mass is 10.2. The molecule has 0 aromatic heterocycles. The number of benzene rings is 2. The van der Waals surface area contributed by atoms with Crippen molar-refractivity contribution >= 4 is 50.3 Å². The molecule has 0 atom stereocenters. The van der Waals surface area contributed by atoms with E-state index in [4.69, 9.17) is 23.8 Å². The number of aryl methyl sites for hydroxylation is 1. The highest BCUT2D eigenvalue weighted by Gasteiger charge is 2.19. The summed E-state index contributed by atoms with van der Waals surface area (Å²) >= 11 is 11.2. The highest BCUT2D eigenvalue weighted by atomic mass is 35.5. The number of rotatable bonds is 6. The van der Waals surface area contributed by atoms with Crippen molar-refractivity contribution in [2.75, 3.05) is 16.6 Å². The van der Waals surface area contributed by atoms with E-state index in [2.05, 4.69) is 15.4 Å². The quantitative estimate of drug-likeness (QED) is 0.639. The molecule has 0 saturated carbocycles. The molecule has 0 radical (unpaired) electrons. The number of sulfonamides is 1. The molecule has 2 aromatic carbocycles.